The van der Waals surface area contributed by atoms with E-state index in [0.717, 1.165) is 12.8 Å². The normalized spacial score (nSPS) is 11.0. The fraction of sp³-hybridized carbons (Fsp3) is 0.222. The van der Waals surface area contributed by atoms with Crippen molar-refractivity contribution in [3.8, 4) is 17.1 Å². The van der Waals surface area contributed by atoms with Crippen LogP contribution in [-0.2, 0) is 0 Å². The number of nitrogens with one attached hydrogen (secondary N) is 1. The van der Waals surface area contributed by atoms with Gasteiger partial charge < -0.3 is 9.72 Å². The highest BCUT2D eigenvalue weighted by Gasteiger charge is 2.12. The first kappa shape index (κ1) is 16.8. The van der Waals surface area contributed by atoms with E-state index in [1.165, 1.54) is 0 Å². The van der Waals surface area contributed by atoms with Crippen LogP contribution >= 0.6 is 23.2 Å². The second kappa shape index (κ2) is 7.24. The van der Waals surface area contributed by atoms with Crippen molar-refractivity contribution < 1.29 is 4.74 Å². The molecule has 0 saturated carbocycles. The van der Waals surface area contributed by atoms with Crippen molar-refractivity contribution in [3.05, 3.63) is 56.8 Å². The molecule has 124 valence electrons. The SMILES string of the molecule is CCCCOc1ccc(Cl)cc1-c1nc2ccc(Cl)cc2c(=O)[nH]1. The van der Waals surface area contributed by atoms with Gasteiger partial charge in [-0.25, -0.2) is 4.98 Å². The molecule has 0 fully saturated rings. The van der Waals surface area contributed by atoms with E-state index in [-0.39, 0.29) is 5.56 Å². The van der Waals surface area contributed by atoms with Gasteiger partial charge in [-0.2, -0.15) is 0 Å². The highest BCUT2D eigenvalue weighted by atomic mass is 35.5. The Morgan fingerprint density at radius 1 is 1.12 bits per heavy atom. The number of aromatic nitrogens is 2. The quantitative estimate of drug-likeness (QED) is 0.644. The van der Waals surface area contributed by atoms with Crippen LogP contribution in [0.4, 0.5) is 0 Å². The molecule has 0 unspecified atom stereocenters. The van der Waals surface area contributed by atoms with Gasteiger partial charge in [0.15, 0.2) is 0 Å². The largest absolute Gasteiger partial charge is 0.493 e. The lowest BCUT2D eigenvalue weighted by atomic mass is 10.1. The van der Waals surface area contributed by atoms with E-state index in [1.54, 1.807) is 36.4 Å². The maximum absolute atomic E-state index is 12.4. The van der Waals surface area contributed by atoms with Gasteiger partial charge in [0, 0.05) is 10.0 Å². The first-order chi connectivity index (χ1) is 11.6. The molecule has 1 heterocycles. The zero-order valence-corrected chi connectivity index (χ0v) is 14.6. The molecule has 2 aromatic carbocycles. The number of halogens is 2. The number of benzene rings is 2. The molecule has 24 heavy (non-hydrogen) atoms. The maximum atomic E-state index is 12.4. The van der Waals surface area contributed by atoms with Crippen LogP contribution in [0.25, 0.3) is 22.3 Å². The molecule has 0 aliphatic heterocycles. The molecule has 4 nitrogen and oxygen atoms in total. The Morgan fingerprint density at radius 2 is 1.88 bits per heavy atom. The van der Waals surface area contributed by atoms with E-state index < -0.39 is 0 Å². The van der Waals surface area contributed by atoms with Gasteiger partial charge in [-0.3, -0.25) is 4.79 Å². The molecule has 6 heteroatoms. The lowest BCUT2D eigenvalue weighted by Gasteiger charge is -2.12. The second-order valence-corrected chi connectivity index (χ2v) is 6.29. The first-order valence-corrected chi connectivity index (χ1v) is 8.46. The molecule has 3 aromatic rings. The number of hydrogen-bond donors (Lipinski definition) is 1. The monoisotopic (exact) mass is 362 g/mol. The van der Waals surface area contributed by atoms with Gasteiger partial charge >= 0.3 is 0 Å². The van der Waals surface area contributed by atoms with Crippen molar-refractivity contribution in [1.29, 1.82) is 0 Å². The summed E-state index contributed by atoms with van der Waals surface area (Å²) in [6.07, 6.45) is 1.98. The lowest BCUT2D eigenvalue weighted by molar-refractivity contribution is 0.310. The first-order valence-electron chi connectivity index (χ1n) is 7.71. The van der Waals surface area contributed by atoms with Gasteiger partial charge in [0.25, 0.3) is 5.56 Å². The molecule has 0 saturated heterocycles. The predicted octanol–water partition coefficient (Wildman–Crippen LogP) is 5.08. The Kier molecular flexibility index (Phi) is 5.07. The topological polar surface area (TPSA) is 55.0 Å². The van der Waals surface area contributed by atoms with Crippen LogP contribution in [0.5, 0.6) is 5.75 Å². The third-order valence-corrected chi connectivity index (χ3v) is 4.09. The van der Waals surface area contributed by atoms with E-state index in [4.69, 9.17) is 27.9 Å². The number of H-pyrrole nitrogens is 1. The fourth-order valence-electron chi connectivity index (χ4n) is 2.38. The summed E-state index contributed by atoms with van der Waals surface area (Å²) in [5, 5.41) is 1.49. The molecule has 0 amide bonds. The standard InChI is InChI=1S/C18H16Cl2N2O2/c1-2-3-8-24-16-7-5-12(20)10-14(16)17-21-15-6-4-11(19)9-13(15)18(23)22-17/h4-7,9-10H,2-3,8H2,1H3,(H,21,22,23). The Labute approximate surface area is 149 Å². The molecule has 3 rings (SSSR count). The van der Waals surface area contributed by atoms with Crippen LogP contribution in [0, 0.1) is 0 Å². The molecular formula is C18H16Cl2N2O2. The molecule has 0 aliphatic carbocycles. The van der Waals surface area contributed by atoms with E-state index in [2.05, 4.69) is 16.9 Å². The molecule has 1 N–H and O–H groups in total. The van der Waals surface area contributed by atoms with Crippen molar-refractivity contribution in [2.45, 2.75) is 19.8 Å². The Bertz CT molecular complexity index is 938. The molecular weight excluding hydrogens is 347 g/mol. The highest BCUT2D eigenvalue weighted by molar-refractivity contribution is 6.31. The minimum Gasteiger partial charge on any atom is -0.493 e. The number of fused-ring (bicyclic) bond motifs is 1. The third kappa shape index (κ3) is 3.55. The summed E-state index contributed by atoms with van der Waals surface area (Å²) in [5.41, 5.74) is 0.974. The third-order valence-electron chi connectivity index (χ3n) is 3.62. The Hall–Kier alpha value is -2.04. The zero-order valence-electron chi connectivity index (χ0n) is 13.1. The minimum atomic E-state index is -0.253. The van der Waals surface area contributed by atoms with Crippen LogP contribution in [0.15, 0.2) is 41.2 Å². The predicted molar refractivity (Wildman–Crippen MR) is 98.2 cm³/mol. The minimum absolute atomic E-state index is 0.253. The summed E-state index contributed by atoms with van der Waals surface area (Å²) in [7, 11) is 0. The van der Waals surface area contributed by atoms with Gasteiger partial charge in [0.2, 0.25) is 0 Å². The van der Waals surface area contributed by atoms with Gasteiger partial charge in [-0.1, -0.05) is 36.5 Å². The summed E-state index contributed by atoms with van der Waals surface area (Å²) in [6, 6.07) is 10.3. The Morgan fingerprint density at radius 3 is 2.67 bits per heavy atom. The van der Waals surface area contributed by atoms with Gasteiger partial charge in [0.05, 0.1) is 23.1 Å². The van der Waals surface area contributed by atoms with Crippen molar-refractivity contribution in [3.63, 3.8) is 0 Å². The van der Waals surface area contributed by atoms with Crippen LogP contribution in [0.1, 0.15) is 19.8 Å². The van der Waals surface area contributed by atoms with Crippen molar-refractivity contribution in [1.82, 2.24) is 9.97 Å². The highest BCUT2D eigenvalue weighted by Crippen LogP contribution is 2.31. The van der Waals surface area contributed by atoms with E-state index in [9.17, 15) is 4.79 Å². The van der Waals surface area contributed by atoms with E-state index >= 15 is 0 Å². The van der Waals surface area contributed by atoms with Crippen molar-refractivity contribution in [2.24, 2.45) is 0 Å². The maximum Gasteiger partial charge on any atom is 0.259 e. The van der Waals surface area contributed by atoms with Crippen LogP contribution in [0.3, 0.4) is 0 Å². The number of aromatic amines is 1. The summed E-state index contributed by atoms with van der Waals surface area (Å²) in [4.78, 5) is 19.7. The smallest absolute Gasteiger partial charge is 0.259 e. The molecule has 1 aromatic heterocycles. The average molecular weight is 363 g/mol. The summed E-state index contributed by atoms with van der Waals surface area (Å²) >= 11 is 12.1. The zero-order chi connectivity index (χ0) is 17.1. The molecule has 0 radical (unpaired) electrons. The fourth-order valence-corrected chi connectivity index (χ4v) is 2.72. The summed E-state index contributed by atoms with van der Waals surface area (Å²) in [6.45, 7) is 2.69. The van der Waals surface area contributed by atoms with Crippen LogP contribution in [0.2, 0.25) is 10.0 Å². The number of unbranched alkanes of at least 4 members (excludes halogenated alkanes) is 1. The van der Waals surface area contributed by atoms with Gasteiger partial charge in [0.1, 0.15) is 11.6 Å². The van der Waals surface area contributed by atoms with E-state index in [0.29, 0.717) is 44.7 Å². The molecule has 0 aliphatic rings. The number of nitrogens with zero attached hydrogens (tertiary/aromatic N) is 1. The van der Waals surface area contributed by atoms with Gasteiger partial charge in [-0.15, -0.1) is 0 Å². The van der Waals surface area contributed by atoms with Crippen LogP contribution < -0.4 is 10.3 Å². The summed E-state index contributed by atoms with van der Waals surface area (Å²) < 4.78 is 5.82. The van der Waals surface area contributed by atoms with Crippen LogP contribution in [-0.4, -0.2) is 16.6 Å². The number of ether oxygens (including phenoxy) is 1. The average Bonchev–Trinajstić information content (AvgIpc) is 2.57. The lowest BCUT2D eigenvalue weighted by Crippen LogP contribution is -2.10. The Balaban J connectivity index is 2.11. The van der Waals surface area contributed by atoms with Crippen molar-refractivity contribution >= 4 is 34.1 Å². The molecule has 0 bridgehead atoms. The van der Waals surface area contributed by atoms with Crippen molar-refractivity contribution in [2.75, 3.05) is 6.61 Å². The van der Waals surface area contributed by atoms with E-state index in [1.807, 2.05) is 0 Å². The molecule has 0 atom stereocenters. The second-order valence-electron chi connectivity index (χ2n) is 5.42. The van der Waals surface area contributed by atoms with Gasteiger partial charge in [-0.05, 0) is 42.8 Å². The summed E-state index contributed by atoms with van der Waals surface area (Å²) in [5.74, 6) is 1.06. The molecule has 0 spiro atoms. The number of hydrogen-bond acceptors (Lipinski definition) is 3. The number of rotatable bonds is 5.